The molecule has 0 saturated carbocycles. The zero-order valence-corrected chi connectivity index (χ0v) is 12.2. The summed E-state index contributed by atoms with van der Waals surface area (Å²) >= 11 is 6.13. The predicted molar refractivity (Wildman–Crippen MR) is 83.0 cm³/mol. The summed E-state index contributed by atoms with van der Waals surface area (Å²) in [7, 11) is 0. The van der Waals surface area contributed by atoms with E-state index in [9.17, 15) is 0 Å². The topological polar surface area (TPSA) is 41.1 Å². The SMILES string of the molecule is Cc1ccc(Nc2nccc(N3CCCC3)n2)cc1Cl. The molecule has 0 unspecified atom stereocenters. The zero-order chi connectivity index (χ0) is 13.9. The van der Waals surface area contributed by atoms with Gasteiger partial charge in [-0.3, -0.25) is 0 Å². The van der Waals surface area contributed by atoms with Gasteiger partial charge in [0, 0.05) is 30.0 Å². The number of hydrogen-bond donors (Lipinski definition) is 1. The Morgan fingerprint density at radius 1 is 1.20 bits per heavy atom. The number of hydrogen-bond acceptors (Lipinski definition) is 4. The molecule has 104 valence electrons. The van der Waals surface area contributed by atoms with Crippen molar-refractivity contribution in [1.29, 1.82) is 0 Å². The molecule has 0 amide bonds. The van der Waals surface area contributed by atoms with E-state index < -0.39 is 0 Å². The van der Waals surface area contributed by atoms with Crippen LogP contribution < -0.4 is 10.2 Å². The Balaban J connectivity index is 1.79. The maximum atomic E-state index is 6.13. The van der Waals surface area contributed by atoms with E-state index in [-0.39, 0.29) is 0 Å². The number of nitrogens with zero attached hydrogens (tertiary/aromatic N) is 3. The summed E-state index contributed by atoms with van der Waals surface area (Å²) in [6.07, 6.45) is 4.26. The van der Waals surface area contributed by atoms with E-state index in [4.69, 9.17) is 11.6 Å². The first-order chi connectivity index (χ1) is 9.72. The molecule has 2 aromatic rings. The van der Waals surface area contributed by atoms with Gasteiger partial charge in [0.1, 0.15) is 5.82 Å². The van der Waals surface area contributed by atoms with Crippen LogP contribution in [0, 0.1) is 6.92 Å². The van der Waals surface area contributed by atoms with Gasteiger partial charge in [-0.15, -0.1) is 0 Å². The molecule has 1 aromatic carbocycles. The van der Waals surface area contributed by atoms with Gasteiger partial charge in [0.05, 0.1) is 0 Å². The first-order valence-corrected chi connectivity index (χ1v) is 7.21. The number of halogens is 1. The predicted octanol–water partition coefficient (Wildman–Crippen LogP) is 3.78. The summed E-state index contributed by atoms with van der Waals surface area (Å²) in [5.41, 5.74) is 1.96. The van der Waals surface area contributed by atoms with Gasteiger partial charge >= 0.3 is 0 Å². The Bertz CT molecular complexity index is 609. The van der Waals surface area contributed by atoms with Crippen molar-refractivity contribution < 1.29 is 0 Å². The van der Waals surface area contributed by atoms with Crippen LogP contribution in [0.4, 0.5) is 17.5 Å². The van der Waals surface area contributed by atoms with E-state index >= 15 is 0 Å². The lowest BCUT2D eigenvalue weighted by Crippen LogP contribution is -2.19. The van der Waals surface area contributed by atoms with Crippen molar-refractivity contribution in [3.05, 3.63) is 41.0 Å². The zero-order valence-electron chi connectivity index (χ0n) is 11.4. The summed E-state index contributed by atoms with van der Waals surface area (Å²) < 4.78 is 0. The minimum Gasteiger partial charge on any atom is -0.356 e. The van der Waals surface area contributed by atoms with Crippen molar-refractivity contribution in [3.63, 3.8) is 0 Å². The lowest BCUT2D eigenvalue weighted by molar-refractivity contribution is 0.930. The molecule has 20 heavy (non-hydrogen) atoms. The second-order valence-corrected chi connectivity index (χ2v) is 5.43. The molecular formula is C15H17ClN4. The van der Waals surface area contributed by atoms with Gasteiger partial charge in [-0.2, -0.15) is 4.98 Å². The van der Waals surface area contributed by atoms with Crippen molar-refractivity contribution in [2.24, 2.45) is 0 Å². The first-order valence-electron chi connectivity index (χ1n) is 6.83. The van der Waals surface area contributed by atoms with Crippen LogP contribution in [0.5, 0.6) is 0 Å². The molecule has 1 N–H and O–H groups in total. The molecule has 0 bridgehead atoms. The van der Waals surface area contributed by atoms with E-state index in [1.165, 1.54) is 12.8 Å². The van der Waals surface area contributed by atoms with Crippen molar-refractivity contribution in [1.82, 2.24) is 9.97 Å². The monoisotopic (exact) mass is 288 g/mol. The summed E-state index contributed by atoms with van der Waals surface area (Å²) in [5, 5.41) is 3.94. The van der Waals surface area contributed by atoms with Gasteiger partial charge < -0.3 is 10.2 Å². The summed E-state index contributed by atoms with van der Waals surface area (Å²) in [6, 6.07) is 7.81. The highest BCUT2D eigenvalue weighted by Gasteiger charge is 2.14. The average molecular weight is 289 g/mol. The molecule has 0 spiro atoms. The maximum absolute atomic E-state index is 6.13. The minimum atomic E-state index is 0.606. The number of aromatic nitrogens is 2. The lowest BCUT2D eigenvalue weighted by atomic mass is 10.2. The van der Waals surface area contributed by atoms with Gasteiger partial charge in [-0.25, -0.2) is 4.98 Å². The number of anilines is 3. The third kappa shape index (κ3) is 2.85. The number of aryl methyl sites for hydroxylation is 1. The molecule has 0 radical (unpaired) electrons. The quantitative estimate of drug-likeness (QED) is 0.933. The minimum absolute atomic E-state index is 0.606. The summed E-state index contributed by atoms with van der Waals surface area (Å²) in [5.74, 6) is 1.59. The molecular weight excluding hydrogens is 272 g/mol. The van der Waals surface area contributed by atoms with Crippen molar-refractivity contribution in [3.8, 4) is 0 Å². The highest BCUT2D eigenvalue weighted by atomic mass is 35.5. The molecule has 1 fully saturated rings. The molecule has 2 heterocycles. The van der Waals surface area contributed by atoms with E-state index in [2.05, 4.69) is 20.2 Å². The fourth-order valence-electron chi connectivity index (χ4n) is 2.33. The van der Waals surface area contributed by atoms with Crippen LogP contribution in [0.2, 0.25) is 5.02 Å². The van der Waals surface area contributed by atoms with Crippen LogP contribution in [0.15, 0.2) is 30.5 Å². The van der Waals surface area contributed by atoms with E-state index in [1.54, 1.807) is 6.20 Å². The Kier molecular flexibility index (Phi) is 3.74. The largest absolute Gasteiger partial charge is 0.356 e. The third-order valence-corrected chi connectivity index (χ3v) is 3.91. The Morgan fingerprint density at radius 2 is 2.00 bits per heavy atom. The van der Waals surface area contributed by atoms with Crippen LogP contribution in [-0.4, -0.2) is 23.1 Å². The van der Waals surface area contributed by atoms with Crippen molar-refractivity contribution in [2.75, 3.05) is 23.3 Å². The Hall–Kier alpha value is -1.81. The molecule has 3 rings (SSSR count). The van der Waals surface area contributed by atoms with Crippen LogP contribution in [0.25, 0.3) is 0 Å². The molecule has 1 saturated heterocycles. The van der Waals surface area contributed by atoms with Crippen LogP contribution in [-0.2, 0) is 0 Å². The normalized spacial score (nSPS) is 14.6. The van der Waals surface area contributed by atoms with Gasteiger partial charge in [0.25, 0.3) is 0 Å². The fraction of sp³-hybridized carbons (Fsp3) is 0.333. The van der Waals surface area contributed by atoms with Crippen LogP contribution in [0.1, 0.15) is 18.4 Å². The van der Waals surface area contributed by atoms with E-state index in [1.807, 2.05) is 31.2 Å². The molecule has 1 aliphatic heterocycles. The van der Waals surface area contributed by atoms with Crippen LogP contribution >= 0.6 is 11.6 Å². The number of rotatable bonds is 3. The fourth-order valence-corrected chi connectivity index (χ4v) is 2.51. The Morgan fingerprint density at radius 3 is 2.75 bits per heavy atom. The third-order valence-electron chi connectivity index (χ3n) is 3.50. The van der Waals surface area contributed by atoms with Gasteiger partial charge in [0.2, 0.25) is 5.95 Å². The molecule has 5 heteroatoms. The molecule has 1 aromatic heterocycles. The summed E-state index contributed by atoms with van der Waals surface area (Å²) in [4.78, 5) is 11.1. The summed E-state index contributed by atoms with van der Waals surface area (Å²) in [6.45, 7) is 4.14. The second kappa shape index (κ2) is 5.67. The van der Waals surface area contributed by atoms with Crippen LogP contribution in [0.3, 0.4) is 0 Å². The lowest BCUT2D eigenvalue weighted by Gasteiger charge is -2.16. The average Bonchev–Trinajstić information content (AvgIpc) is 2.97. The molecule has 0 atom stereocenters. The smallest absolute Gasteiger partial charge is 0.229 e. The van der Waals surface area contributed by atoms with Gasteiger partial charge in [-0.05, 0) is 43.5 Å². The first kappa shape index (κ1) is 13.2. The molecule has 1 aliphatic rings. The molecule has 0 aliphatic carbocycles. The maximum Gasteiger partial charge on any atom is 0.229 e. The van der Waals surface area contributed by atoms with E-state index in [0.29, 0.717) is 5.95 Å². The number of nitrogens with one attached hydrogen (secondary N) is 1. The second-order valence-electron chi connectivity index (χ2n) is 5.02. The van der Waals surface area contributed by atoms with Crippen molar-refractivity contribution in [2.45, 2.75) is 19.8 Å². The van der Waals surface area contributed by atoms with Gasteiger partial charge in [-0.1, -0.05) is 17.7 Å². The van der Waals surface area contributed by atoms with E-state index in [0.717, 1.165) is 35.2 Å². The van der Waals surface area contributed by atoms with Crippen molar-refractivity contribution >= 4 is 29.1 Å². The molecule has 4 nitrogen and oxygen atoms in total. The highest BCUT2D eigenvalue weighted by molar-refractivity contribution is 6.31. The highest BCUT2D eigenvalue weighted by Crippen LogP contribution is 2.23. The van der Waals surface area contributed by atoms with Gasteiger partial charge in [0.15, 0.2) is 0 Å². The standard InChI is InChI=1S/C15H17ClN4/c1-11-4-5-12(10-13(11)16)18-15-17-7-6-14(19-15)20-8-2-3-9-20/h4-7,10H,2-3,8-9H2,1H3,(H,17,18,19). The Labute approximate surface area is 123 Å². The number of benzene rings is 1.